The van der Waals surface area contributed by atoms with Gasteiger partial charge in [-0.3, -0.25) is 14.5 Å². The van der Waals surface area contributed by atoms with Crippen LogP contribution in [0.2, 0.25) is 0 Å². The van der Waals surface area contributed by atoms with E-state index in [4.69, 9.17) is 0 Å². The van der Waals surface area contributed by atoms with Crippen LogP contribution in [-0.4, -0.2) is 46.2 Å². The standard InChI is InChI=1S/C17H22N6O2/c1-3-23-15(8-9-20-23)22-10-4-5-13(17(22)25)21-16(24)12-6-7-14(18-2)19-11-12/h6-9,11,13H,3-5,10H2,1-2H3,(H,18,19)(H,21,24). The maximum absolute atomic E-state index is 12.8. The normalized spacial score (nSPS) is 17.4. The zero-order valence-electron chi connectivity index (χ0n) is 14.4. The van der Waals surface area contributed by atoms with Gasteiger partial charge in [-0.15, -0.1) is 0 Å². The number of carbonyl (C=O) groups is 2. The summed E-state index contributed by atoms with van der Waals surface area (Å²) in [5, 5.41) is 9.95. The predicted molar refractivity (Wildman–Crippen MR) is 94.5 cm³/mol. The van der Waals surface area contributed by atoms with E-state index < -0.39 is 6.04 Å². The largest absolute Gasteiger partial charge is 0.373 e. The molecule has 25 heavy (non-hydrogen) atoms. The number of aromatic nitrogens is 3. The molecule has 0 aromatic carbocycles. The van der Waals surface area contributed by atoms with Crippen LogP contribution in [-0.2, 0) is 11.3 Å². The Balaban J connectivity index is 1.71. The zero-order chi connectivity index (χ0) is 17.8. The summed E-state index contributed by atoms with van der Waals surface area (Å²) in [5.74, 6) is 1.06. The van der Waals surface area contributed by atoms with Gasteiger partial charge in [0.1, 0.15) is 17.7 Å². The van der Waals surface area contributed by atoms with E-state index in [0.717, 1.165) is 12.2 Å². The zero-order valence-corrected chi connectivity index (χ0v) is 14.4. The summed E-state index contributed by atoms with van der Waals surface area (Å²) in [6, 6.07) is 4.70. The van der Waals surface area contributed by atoms with Gasteiger partial charge in [0.25, 0.3) is 11.8 Å². The molecular formula is C17H22N6O2. The predicted octanol–water partition coefficient (Wildman–Crippen LogP) is 1.27. The number of nitrogens with one attached hydrogen (secondary N) is 2. The van der Waals surface area contributed by atoms with E-state index in [1.807, 2.05) is 13.0 Å². The highest BCUT2D eigenvalue weighted by atomic mass is 16.2. The van der Waals surface area contributed by atoms with Crippen LogP contribution < -0.4 is 15.5 Å². The van der Waals surface area contributed by atoms with E-state index in [1.54, 1.807) is 35.0 Å². The molecule has 132 valence electrons. The summed E-state index contributed by atoms with van der Waals surface area (Å²) in [6.45, 7) is 3.30. The average Bonchev–Trinajstić information content (AvgIpc) is 3.12. The third-order valence-corrected chi connectivity index (χ3v) is 4.30. The van der Waals surface area contributed by atoms with Gasteiger partial charge in [0.05, 0.1) is 11.8 Å². The van der Waals surface area contributed by atoms with E-state index in [0.29, 0.717) is 30.9 Å². The second kappa shape index (κ2) is 7.33. The lowest BCUT2D eigenvalue weighted by atomic mass is 10.0. The Bertz CT molecular complexity index is 755. The molecule has 1 saturated heterocycles. The molecule has 3 heterocycles. The third kappa shape index (κ3) is 3.47. The number of hydrogen-bond donors (Lipinski definition) is 2. The van der Waals surface area contributed by atoms with Crippen molar-refractivity contribution in [1.29, 1.82) is 0 Å². The van der Waals surface area contributed by atoms with Crippen LogP contribution in [0, 0.1) is 0 Å². The van der Waals surface area contributed by atoms with Gasteiger partial charge in [-0.25, -0.2) is 9.67 Å². The number of aryl methyl sites for hydroxylation is 1. The highest BCUT2D eigenvalue weighted by Crippen LogP contribution is 2.21. The smallest absolute Gasteiger partial charge is 0.253 e. The quantitative estimate of drug-likeness (QED) is 0.853. The first-order valence-corrected chi connectivity index (χ1v) is 8.42. The summed E-state index contributed by atoms with van der Waals surface area (Å²) >= 11 is 0. The molecule has 0 aliphatic carbocycles. The lowest BCUT2D eigenvalue weighted by Gasteiger charge is -2.32. The molecule has 1 unspecified atom stereocenters. The Labute approximate surface area is 146 Å². The SMILES string of the molecule is CCn1nccc1N1CCCC(NC(=O)c2ccc(NC)nc2)C1=O. The second-order valence-electron chi connectivity index (χ2n) is 5.85. The summed E-state index contributed by atoms with van der Waals surface area (Å²) < 4.78 is 1.78. The minimum Gasteiger partial charge on any atom is -0.373 e. The van der Waals surface area contributed by atoms with Crippen molar-refractivity contribution in [2.75, 3.05) is 23.8 Å². The minimum atomic E-state index is -0.537. The molecule has 0 saturated carbocycles. The van der Waals surface area contributed by atoms with Crippen LogP contribution in [0.15, 0.2) is 30.6 Å². The molecule has 2 N–H and O–H groups in total. The van der Waals surface area contributed by atoms with Gasteiger partial charge in [0.15, 0.2) is 0 Å². The third-order valence-electron chi connectivity index (χ3n) is 4.30. The summed E-state index contributed by atoms with van der Waals surface area (Å²) in [6.07, 6.45) is 4.63. The van der Waals surface area contributed by atoms with Gasteiger partial charge in [-0.05, 0) is 31.9 Å². The van der Waals surface area contributed by atoms with Crippen molar-refractivity contribution >= 4 is 23.5 Å². The number of anilines is 2. The fourth-order valence-corrected chi connectivity index (χ4v) is 2.95. The molecule has 8 nitrogen and oxygen atoms in total. The lowest BCUT2D eigenvalue weighted by Crippen LogP contribution is -2.53. The lowest BCUT2D eigenvalue weighted by molar-refractivity contribution is -0.121. The van der Waals surface area contributed by atoms with Crippen molar-refractivity contribution in [1.82, 2.24) is 20.1 Å². The summed E-state index contributed by atoms with van der Waals surface area (Å²) in [5.41, 5.74) is 0.433. The van der Waals surface area contributed by atoms with Crippen LogP contribution in [0.1, 0.15) is 30.1 Å². The molecule has 1 aliphatic rings. The van der Waals surface area contributed by atoms with E-state index >= 15 is 0 Å². The maximum Gasteiger partial charge on any atom is 0.253 e. The molecule has 0 bridgehead atoms. The van der Waals surface area contributed by atoms with Gasteiger partial charge < -0.3 is 10.6 Å². The van der Waals surface area contributed by atoms with Crippen molar-refractivity contribution in [3.8, 4) is 0 Å². The number of piperidine rings is 1. The van der Waals surface area contributed by atoms with Crippen molar-refractivity contribution in [2.45, 2.75) is 32.4 Å². The van der Waals surface area contributed by atoms with Crippen molar-refractivity contribution < 1.29 is 9.59 Å². The Morgan fingerprint density at radius 3 is 2.88 bits per heavy atom. The Morgan fingerprint density at radius 1 is 1.36 bits per heavy atom. The average molecular weight is 342 g/mol. The van der Waals surface area contributed by atoms with Gasteiger partial charge in [0.2, 0.25) is 0 Å². The first-order chi connectivity index (χ1) is 12.1. The first kappa shape index (κ1) is 16.9. The Morgan fingerprint density at radius 2 is 2.20 bits per heavy atom. The van der Waals surface area contributed by atoms with Crippen molar-refractivity contribution in [3.63, 3.8) is 0 Å². The van der Waals surface area contributed by atoms with Crippen LogP contribution in [0.5, 0.6) is 0 Å². The molecule has 0 radical (unpaired) electrons. The van der Waals surface area contributed by atoms with E-state index in [-0.39, 0.29) is 11.8 Å². The molecule has 8 heteroatoms. The first-order valence-electron chi connectivity index (χ1n) is 8.42. The maximum atomic E-state index is 12.8. The van der Waals surface area contributed by atoms with Gasteiger partial charge in [0, 0.05) is 32.4 Å². The van der Waals surface area contributed by atoms with Gasteiger partial charge >= 0.3 is 0 Å². The molecule has 0 spiro atoms. The van der Waals surface area contributed by atoms with E-state index in [2.05, 4.69) is 20.7 Å². The van der Waals surface area contributed by atoms with Gasteiger partial charge in [-0.1, -0.05) is 0 Å². The van der Waals surface area contributed by atoms with Crippen LogP contribution >= 0.6 is 0 Å². The number of nitrogens with zero attached hydrogens (tertiary/aromatic N) is 4. The Hall–Kier alpha value is -2.90. The monoisotopic (exact) mass is 342 g/mol. The number of carbonyl (C=O) groups excluding carboxylic acids is 2. The molecule has 2 aromatic heterocycles. The fraction of sp³-hybridized carbons (Fsp3) is 0.412. The van der Waals surface area contributed by atoms with Gasteiger partial charge in [-0.2, -0.15) is 5.10 Å². The number of pyridine rings is 1. The van der Waals surface area contributed by atoms with Crippen LogP contribution in [0.3, 0.4) is 0 Å². The molecule has 2 aromatic rings. The highest BCUT2D eigenvalue weighted by Gasteiger charge is 2.32. The molecule has 1 fully saturated rings. The minimum absolute atomic E-state index is 0.102. The van der Waals surface area contributed by atoms with Crippen molar-refractivity contribution in [3.05, 3.63) is 36.2 Å². The van der Waals surface area contributed by atoms with E-state index in [9.17, 15) is 9.59 Å². The topological polar surface area (TPSA) is 92.2 Å². The molecular weight excluding hydrogens is 320 g/mol. The Kier molecular flexibility index (Phi) is 4.97. The molecule has 2 amide bonds. The van der Waals surface area contributed by atoms with Crippen molar-refractivity contribution in [2.24, 2.45) is 0 Å². The van der Waals surface area contributed by atoms with E-state index in [1.165, 1.54) is 6.20 Å². The summed E-state index contributed by atoms with van der Waals surface area (Å²) in [7, 11) is 1.76. The summed E-state index contributed by atoms with van der Waals surface area (Å²) in [4.78, 5) is 31.0. The van der Waals surface area contributed by atoms with Crippen LogP contribution in [0.4, 0.5) is 11.6 Å². The highest BCUT2D eigenvalue weighted by molar-refractivity contribution is 6.02. The molecule has 3 rings (SSSR count). The number of amides is 2. The number of rotatable bonds is 5. The molecule has 1 aliphatic heterocycles. The van der Waals surface area contributed by atoms with Crippen LogP contribution in [0.25, 0.3) is 0 Å². The number of hydrogen-bond acceptors (Lipinski definition) is 5. The second-order valence-corrected chi connectivity index (χ2v) is 5.85. The molecule has 1 atom stereocenters. The fourth-order valence-electron chi connectivity index (χ4n) is 2.95.